The highest BCUT2D eigenvalue weighted by molar-refractivity contribution is 5.97. The smallest absolute Gasteiger partial charge is 0.268 e. The van der Waals surface area contributed by atoms with Crippen molar-refractivity contribution in [3.8, 4) is 0 Å². The first-order valence-electron chi connectivity index (χ1n) is 7.37. The molecule has 0 unspecified atom stereocenters. The van der Waals surface area contributed by atoms with Gasteiger partial charge in [0.05, 0.1) is 25.0 Å². The number of nitrogens with zero attached hydrogens (tertiary/aromatic N) is 2. The second-order valence-electron chi connectivity index (χ2n) is 5.32. The third kappa shape index (κ3) is 3.11. The van der Waals surface area contributed by atoms with Crippen LogP contribution in [0.3, 0.4) is 0 Å². The summed E-state index contributed by atoms with van der Waals surface area (Å²) in [7, 11) is 1.88. The van der Waals surface area contributed by atoms with Gasteiger partial charge >= 0.3 is 0 Å². The van der Waals surface area contributed by atoms with E-state index in [1.54, 1.807) is 12.3 Å². The van der Waals surface area contributed by atoms with Crippen LogP contribution in [0.4, 0.5) is 0 Å². The van der Waals surface area contributed by atoms with Gasteiger partial charge in [-0.25, -0.2) is 0 Å². The van der Waals surface area contributed by atoms with Crippen LogP contribution in [0.25, 0.3) is 11.1 Å². The van der Waals surface area contributed by atoms with E-state index in [1.807, 2.05) is 17.7 Å². The SMILES string of the molecule is Cn1c(C(=O)NCCCN2CCOCC2)cc2occc21. The van der Waals surface area contributed by atoms with Crippen LogP contribution in [-0.4, -0.2) is 54.8 Å². The first-order chi connectivity index (χ1) is 10.3. The Hall–Kier alpha value is -1.79. The van der Waals surface area contributed by atoms with Gasteiger partial charge in [0.25, 0.3) is 5.91 Å². The van der Waals surface area contributed by atoms with Gasteiger partial charge < -0.3 is 19.0 Å². The summed E-state index contributed by atoms with van der Waals surface area (Å²) in [4.78, 5) is 14.5. The molecule has 1 aliphatic heterocycles. The van der Waals surface area contributed by atoms with Crippen LogP contribution in [0.2, 0.25) is 0 Å². The molecular weight excluding hydrogens is 270 g/mol. The number of ether oxygens (including phenoxy) is 1. The van der Waals surface area contributed by atoms with E-state index < -0.39 is 0 Å². The van der Waals surface area contributed by atoms with Gasteiger partial charge in [0.2, 0.25) is 0 Å². The largest absolute Gasteiger partial charge is 0.463 e. The highest BCUT2D eigenvalue weighted by Gasteiger charge is 2.15. The number of nitrogens with one attached hydrogen (secondary N) is 1. The molecule has 1 saturated heterocycles. The molecule has 0 aromatic carbocycles. The van der Waals surface area contributed by atoms with E-state index in [-0.39, 0.29) is 5.91 Å². The molecular formula is C15H21N3O3. The van der Waals surface area contributed by atoms with Gasteiger partial charge in [-0.1, -0.05) is 0 Å². The van der Waals surface area contributed by atoms with Gasteiger partial charge in [-0.3, -0.25) is 9.69 Å². The first kappa shape index (κ1) is 14.2. The number of fused-ring (bicyclic) bond motifs is 1. The van der Waals surface area contributed by atoms with Crippen molar-refractivity contribution in [2.45, 2.75) is 6.42 Å². The Balaban J connectivity index is 1.47. The molecule has 3 heterocycles. The van der Waals surface area contributed by atoms with E-state index >= 15 is 0 Å². The fourth-order valence-corrected chi connectivity index (χ4v) is 2.69. The molecule has 6 nitrogen and oxygen atoms in total. The molecule has 2 aromatic rings. The zero-order valence-corrected chi connectivity index (χ0v) is 12.3. The summed E-state index contributed by atoms with van der Waals surface area (Å²) in [6.07, 6.45) is 2.58. The Bertz CT molecular complexity index is 611. The summed E-state index contributed by atoms with van der Waals surface area (Å²) < 4.78 is 12.5. The van der Waals surface area contributed by atoms with E-state index in [0.717, 1.165) is 50.4 Å². The molecule has 0 radical (unpaired) electrons. The Kier molecular flexibility index (Phi) is 4.26. The van der Waals surface area contributed by atoms with E-state index in [0.29, 0.717) is 12.2 Å². The van der Waals surface area contributed by atoms with Crippen molar-refractivity contribution in [2.24, 2.45) is 7.05 Å². The van der Waals surface area contributed by atoms with Gasteiger partial charge in [0.15, 0.2) is 5.58 Å². The molecule has 1 fully saturated rings. The van der Waals surface area contributed by atoms with Crippen LogP contribution in [0.15, 0.2) is 22.8 Å². The minimum absolute atomic E-state index is 0.0501. The molecule has 0 aliphatic carbocycles. The van der Waals surface area contributed by atoms with Crippen LogP contribution in [0.5, 0.6) is 0 Å². The molecule has 2 aromatic heterocycles. The quantitative estimate of drug-likeness (QED) is 0.842. The topological polar surface area (TPSA) is 59.6 Å². The predicted molar refractivity (Wildman–Crippen MR) is 79.4 cm³/mol. The molecule has 3 rings (SSSR count). The van der Waals surface area contributed by atoms with Crippen molar-refractivity contribution < 1.29 is 13.9 Å². The second kappa shape index (κ2) is 6.32. The normalized spacial score (nSPS) is 16.4. The average molecular weight is 291 g/mol. The zero-order chi connectivity index (χ0) is 14.7. The lowest BCUT2D eigenvalue weighted by Gasteiger charge is -2.26. The molecule has 1 N–H and O–H groups in total. The van der Waals surface area contributed by atoms with Crippen molar-refractivity contribution in [1.82, 2.24) is 14.8 Å². The Morgan fingerprint density at radius 2 is 2.19 bits per heavy atom. The highest BCUT2D eigenvalue weighted by atomic mass is 16.5. The Morgan fingerprint density at radius 1 is 1.38 bits per heavy atom. The van der Waals surface area contributed by atoms with Crippen LogP contribution in [0.1, 0.15) is 16.9 Å². The second-order valence-corrected chi connectivity index (χ2v) is 5.32. The van der Waals surface area contributed by atoms with E-state index in [2.05, 4.69) is 10.2 Å². The molecule has 1 aliphatic rings. The van der Waals surface area contributed by atoms with Gasteiger partial charge in [-0.05, 0) is 13.0 Å². The lowest BCUT2D eigenvalue weighted by atomic mass is 10.3. The van der Waals surface area contributed by atoms with Crippen molar-refractivity contribution in [3.63, 3.8) is 0 Å². The van der Waals surface area contributed by atoms with Crippen LogP contribution < -0.4 is 5.32 Å². The summed E-state index contributed by atoms with van der Waals surface area (Å²) in [6, 6.07) is 3.65. The maximum Gasteiger partial charge on any atom is 0.268 e. The van der Waals surface area contributed by atoms with Gasteiger partial charge in [0, 0.05) is 38.8 Å². The molecule has 0 atom stereocenters. The third-order valence-electron chi connectivity index (χ3n) is 3.94. The molecule has 0 spiro atoms. The number of aromatic nitrogens is 1. The van der Waals surface area contributed by atoms with Gasteiger partial charge in [-0.15, -0.1) is 0 Å². The van der Waals surface area contributed by atoms with Crippen molar-refractivity contribution >= 4 is 17.0 Å². The van der Waals surface area contributed by atoms with Crippen LogP contribution >= 0.6 is 0 Å². The average Bonchev–Trinajstić information content (AvgIpc) is 3.08. The number of rotatable bonds is 5. The first-order valence-corrected chi connectivity index (χ1v) is 7.37. The van der Waals surface area contributed by atoms with E-state index in [1.165, 1.54) is 0 Å². The van der Waals surface area contributed by atoms with Gasteiger partial charge in [0.1, 0.15) is 5.69 Å². The number of amides is 1. The van der Waals surface area contributed by atoms with Crippen molar-refractivity contribution in [2.75, 3.05) is 39.4 Å². The molecule has 6 heteroatoms. The number of carbonyl (C=O) groups excluding carboxylic acids is 1. The predicted octanol–water partition coefficient (Wildman–Crippen LogP) is 1.22. The molecule has 0 saturated carbocycles. The van der Waals surface area contributed by atoms with Gasteiger partial charge in [-0.2, -0.15) is 0 Å². The number of morpholine rings is 1. The number of aryl methyl sites for hydroxylation is 1. The molecule has 114 valence electrons. The number of carbonyl (C=O) groups is 1. The van der Waals surface area contributed by atoms with Crippen molar-refractivity contribution in [3.05, 3.63) is 24.1 Å². The van der Waals surface area contributed by atoms with Crippen LogP contribution in [-0.2, 0) is 11.8 Å². The fraction of sp³-hybridized carbons (Fsp3) is 0.533. The minimum atomic E-state index is -0.0501. The summed E-state index contributed by atoms with van der Waals surface area (Å²) in [6.45, 7) is 5.29. The van der Waals surface area contributed by atoms with E-state index in [4.69, 9.17) is 9.15 Å². The standard InChI is InChI=1S/C15H21N3O3/c1-17-12-3-8-21-14(12)11-13(17)15(19)16-4-2-5-18-6-9-20-10-7-18/h3,8,11H,2,4-7,9-10H2,1H3,(H,16,19). The Labute approximate surface area is 123 Å². The van der Waals surface area contributed by atoms with E-state index in [9.17, 15) is 4.79 Å². The van der Waals surface area contributed by atoms with Crippen LogP contribution in [0, 0.1) is 0 Å². The lowest BCUT2D eigenvalue weighted by Crippen LogP contribution is -2.38. The fourth-order valence-electron chi connectivity index (χ4n) is 2.69. The summed E-state index contributed by atoms with van der Waals surface area (Å²) in [5, 5.41) is 2.97. The third-order valence-corrected chi connectivity index (χ3v) is 3.94. The highest BCUT2D eigenvalue weighted by Crippen LogP contribution is 2.19. The lowest BCUT2D eigenvalue weighted by molar-refractivity contribution is 0.0374. The monoisotopic (exact) mass is 291 g/mol. The number of furan rings is 1. The summed E-state index contributed by atoms with van der Waals surface area (Å²) >= 11 is 0. The van der Waals surface area contributed by atoms with Crippen molar-refractivity contribution in [1.29, 1.82) is 0 Å². The molecule has 0 bridgehead atoms. The molecule has 1 amide bonds. The number of hydrogen-bond acceptors (Lipinski definition) is 4. The minimum Gasteiger partial charge on any atom is -0.463 e. The Morgan fingerprint density at radius 3 is 2.95 bits per heavy atom. The molecule has 21 heavy (non-hydrogen) atoms. The zero-order valence-electron chi connectivity index (χ0n) is 12.3. The maximum absolute atomic E-state index is 12.2. The maximum atomic E-state index is 12.2. The summed E-state index contributed by atoms with van der Waals surface area (Å²) in [5.41, 5.74) is 2.32. The summed E-state index contributed by atoms with van der Waals surface area (Å²) in [5.74, 6) is -0.0501. The number of hydrogen-bond donors (Lipinski definition) is 1.